The fourth-order valence-corrected chi connectivity index (χ4v) is 3.96. The van der Waals surface area contributed by atoms with Crippen LogP contribution in [0.1, 0.15) is 24.7 Å². The third kappa shape index (κ3) is 4.87. The summed E-state index contributed by atoms with van der Waals surface area (Å²) in [5.74, 6) is 0.487. The second kappa shape index (κ2) is 8.40. The summed E-state index contributed by atoms with van der Waals surface area (Å²) in [4.78, 5) is 0. The van der Waals surface area contributed by atoms with Crippen LogP contribution in [0.5, 0.6) is 0 Å². The molecular formula is C14H13ClF3N7S2. The number of benzene rings is 1. The minimum Gasteiger partial charge on any atom is -0.360 e. The standard InChI is InChI=1S/C14H13ClF3N7S2/c1-2-5-19-12-21-22-13(27-12)26-7-11-20-23-24-25(11)10-4-3-8(15)6-9(10)14(16,17)18/h3-4,6H,2,5,7H2,1H3,(H,19,21). The quantitative estimate of drug-likeness (QED) is 0.554. The number of thioether (sulfide) groups is 1. The number of hydrogen-bond acceptors (Lipinski definition) is 8. The van der Waals surface area contributed by atoms with Gasteiger partial charge in [0.2, 0.25) is 5.13 Å². The van der Waals surface area contributed by atoms with Gasteiger partial charge in [-0.1, -0.05) is 41.6 Å². The molecule has 144 valence electrons. The molecule has 0 radical (unpaired) electrons. The highest BCUT2D eigenvalue weighted by atomic mass is 35.5. The van der Waals surface area contributed by atoms with Gasteiger partial charge in [0.05, 0.1) is 17.0 Å². The first-order valence-corrected chi connectivity index (χ1v) is 9.91. The van der Waals surface area contributed by atoms with Crippen molar-refractivity contribution in [3.63, 3.8) is 0 Å². The smallest absolute Gasteiger partial charge is 0.360 e. The summed E-state index contributed by atoms with van der Waals surface area (Å²) < 4.78 is 41.7. The molecule has 0 aliphatic carbocycles. The van der Waals surface area contributed by atoms with Crippen LogP contribution in [0.3, 0.4) is 0 Å². The molecule has 0 spiro atoms. The van der Waals surface area contributed by atoms with Crippen LogP contribution in [-0.2, 0) is 11.9 Å². The molecule has 0 bridgehead atoms. The molecule has 2 aromatic heterocycles. The van der Waals surface area contributed by atoms with Crippen LogP contribution in [0, 0.1) is 0 Å². The first kappa shape index (κ1) is 19.8. The summed E-state index contributed by atoms with van der Waals surface area (Å²) in [5.41, 5.74) is -1.09. The largest absolute Gasteiger partial charge is 0.418 e. The maximum Gasteiger partial charge on any atom is 0.418 e. The summed E-state index contributed by atoms with van der Waals surface area (Å²) in [6, 6.07) is 3.46. The van der Waals surface area contributed by atoms with Gasteiger partial charge in [0.25, 0.3) is 0 Å². The van der Waals surface area contributed by atoms with Gasteiger partial charge < -0.3 is 5.32 Å². The molecule has 2 heterocycles. The fraction of sp³-hybridized carbons (Fsp3) is 0.357. The number of halogens is 4. The lowest BCUT2D eigenvalue weighted by atomic mass is 10.1. The van der Waals surface area contributed by atoms with Crippen LogP contribution in [0.2, 0.25) is 5.02 Å². The van der Waals surface area contributed by atoms with Crippen molar-refractivity contribution >= 4 is 39.8 Å². The summed E-state index contributed by atoms with van der Waals surface area (Å²) in [6.07, 6.45) is -3.63. The number of nitrogens with zero attached hydrogens (tertiary/aromatic N) is 6. The second-order valence-corrected chi connectivity index (χ2v) is 7.89. The van der Waals surface area contributed by atoms with Gasteiger partial charge in [-0.2, -0.15) is 17.9 Å². The van der Waals surface area contributed by atoms with Crippen molar-refractivity contribution in [3.05, 3.63) is 34.6 Å². The number of aromatic nitrogens is 6. The Balaban J connectivity index is 1.80. The zero-order valence-corrected chi connectivity index (χ0v) is 16.3. The molecule has 0 saturated heterocycles. The Morgan fingerprint density at radius 3 is 2.81 bits per heavy atom. The first-order chi connectivity index (χ1) is 12.9. The fourth-order valence-electron chi connectivity index (χ4n) is 2.10. The Bertz CT molecular complexity index is 912. The van der Waals surface area contributed by atoms with Crippen molar-refractivity contribution in [2.45, 2.75) is 29.6 Å². The highest BCUT2D eigenvalue weighted by molar-refractivity contribution is 8.00. The van der Waals surface area contributed by atoms with Gasteiger partial charge in [-0.15, -0.1) is 15.3 Å². The molecule has 0 aliphatic rings. The predicted molar refractivity (Wildman–Crippen MR) is 97.4 cm³/mol. The van der Waals surface area contributed by atoms with Crippen molar-refractivity contribution in [2.75, 3.05) is 11.9 Å². The summed E-state index contributed by atoms with van der Waals surface area (Å²) in [6.45, 7) is 2.82. The molecule has 7 nitrogen and oxygen atoms in total. The number of anilines is 1. The topological polar surface area (TPSA) is 81.4 Å². The average molecular weight is 436 g/mol. The van der Waals surface area contributed by atoms with Gasteiger partial charge in [0.15, 0.2) is 10.2 Å². The maximum absolute atomic E-state index is 13.3. The molecule has 0 amide bonds. The van der Waals surface area contributed by atoms with Gasteiger partial charge in [0, 0.05) is 11.6 Å². The first-order valence-electron chi connectivity index (χ1n) is 7.73. The van der Waals surface area contributed by atoms with Crippen LogP contribution < -0.4 is 5.32 Å². The molecule has 1 N–H and O–H groups in total. The maximum atomic E-state index is 13.3. The van der Waals surface area contributed by atoms with E-state index < -0.39 is 11.7 Å². The number of alkyl halides is 3. The Morgan fingerprint density at radius 1 is 1.26 bits per heavy atom. The van der Waals surface area contributed by atoms with E-state index in [9.17, 15) is 13.2 Å². The highest BCUT2D eigenvalue weighted by Gasteiger charge is 2.35. The number of nitrogens with one attached hydrogen (secondary N) is 1. The van der Waals surface area contributed by atoms with E-state index >= 15 is 0 Å². The molecule has 3 aromatic rings. The van der Waals surface area contributed by atoms with E-state index in [2.05, 4.69) is 31.0 Å². The van der Waals surface area contributed by atoms with Crippen LogP contribution in [0.25, 0.3) is 5.69 Å². The molecule has 27 heavy (non-hydrogen) atoms. The Labute approximate surface area is 165 Å². The van der Waals surface area contributed by atoms with E-state index in [1.807, 2.05) is 6.92 Å². The minimum absolute atomic E-state index is 0.0176. The normalized spacial score (nSPS) is 11.7. The monoisotopic (exact) mass is 435 g/mol. The molecule has 13 heteroatoms. The van der Waals surface area contributed by atoms with Crippen molar-refractivity contribution in [2.24, 2.45) is 0 Å². The molecule has 0 fully saturated rings. The Kier molecular flexibility index (Phi) is 6.17. The molecule has 3 rings (SSSR count). The molecule has 0 unspecified atom stereocenters. The van der Waals surface area contributed by atoms with Crippen LogP contribution in [-0.4, -0.2) is 36.9 Å². The third-order valence-corrected chi connectivity index (χ3v) is 5.53. The van der Waals surface area contributed by atoms with E-state index in [1.165, 1.54) is 35.2 Å². The van der Waals surface area contributed by atoms with Crippen molar-refractivity contribution in [3.8, 4) is 5.69 Å². The zero-order valence-electron chi connectivity index (χ0n) is 13.9. The minimum atomic E-state index is -4.59. The van der Waals surface area contributed by atoms with Gasteiger partial charge in [0.1, 0.15) is 0 Å². The van der Waals surface area contributed by atoms with Crippen molar-refractivity contribution < 1.29 is 13.2 Å². The number of rotatable bonds is 7. The Hall–Kier alpha value is -1.92. The summed E-state index contributed by atoms with van der Waals surface area (Å²) in [5, 5.41) is 22.9. The second-order valence-electron chi connectivity index (χ2n) is 5.25. The van der Waals surface area contributed by atoms with E-state index in [1.54, 1.807) is 0 Å². The van der Waals surface area contributed by atoms with E-state index in [-0.39, 0.29) is 22.3 Å². The lowest BCUT2D eigenvalue weighted by molar-refractivity contribution is -0.137. The van der Waals surface area contributed by atoms with Gasteiger partial charge in [-0.25, -0.2) is 0 Å². The highest BCUT2D eigenvalue weighted by Crippen LogP contribution is 2.36. The van der Waals surface area contributed by atoms with Crippen LogP contribution in [0.15, 0.2) is 22.5 Å². The van der Waals surface area contributed by atoms with Gasteiger partial charge in [-0.3, -0.25) is 0 Å². The van der Waals surface area contributed by atoms with Crippen LogP contribution >= 0.6 is 34.7 Å². The third-order valence-electron chi connectivity index (χ3n) is 3.28. The SMILES string of the molecule is CCCNc1nnc(SCc2nnnn2-c2ccc(Cl)cc2C(F)(F)F)s1. The summed E-state index contributed by atoms with van der Waals surface area (Å²) in [7, 11) is 0. The number of hydrogen-bond donors (Lipinski definition) is 1. The lowest BCUT2D eigenvalue weighted by Gasteiger charge is -2.13. The van der Waals surface area contributed by atoms with E-state index in [4.69, 9.17) is 11.6 Å². The summed E-state index contributed by atoms with van der Waals surface area (Å²) >= 11 is 8.37. The zero-order chi connectivity index (χ0) is 19.4. The molecule has 0 aliphatic heterocycles. The van der Waals surface area contributed by atoms with E-state index in [0.717, 1.165) is 23.7 Å². The number of tetrazole rings is 1. The molecular weight excluding hydrogens is 423 g/mol. The predicted octanol–water partition coefficient (Wildman–Crippen LogP) is 4.30. The van der Waals surface area contributed by atoms with Gasteiger partial charge in [-0.05, 0) is 35.0 Å². The Morgan fingerprint density at radius 2 is 2.07 bits per heavy atom. The molecule has 0 saturated carbocycles. The van der Waals surface area contributed by atoms with Crippen molar-refractivity contribution in [1.29, 1.82) is 0 Å². The van der Waals surface area contributed by atoms with E-state index in [0.29, 0.717) is 9.47 Å². The van der Waals surface area contributed by atoms with Crippen LogP contribution in [0.4, 0.5) is 18.3 Å². The van der Waals surface area contributed by atoms with Crippen molar-refractivity contribution in [1.82, 2.24) is 30.4 Å². The van der Waals surface area contributed by atoms with Gasteiger partial charge >= 0.3 is 6.18 Å². The lowest BCUT2D eigenvalue weighted by Crippen LogP contribution is -2.13. The molecule has 0 atom stereocenters. The average Bonchev–Trinajstić information content (AvgIpc) is 3.26. The molecule has 1 aromatic carbocycles.